The Hall–Kier alpha value is -10.0. The summed E-state index contributed by atoms with van der Waals surface area (Å²) >= 11 is 0. The maximum atomic E-state index is 7.16. The second kappa shape index (κ2) is 13.0. The molecule has 0 aromatic heterocycles. The molecular formula is C60H30B3O12-3. The fourth-order valence-corrected chi connectivity index (χ4v) is 12.8. The zero-order valence-corrected chi connectivity index (χ0v) is 39.0. The van der Waals surface area contributed by atoms with Crippen molar-refractivity contribution in [2.24, 2.45) is 0 Å². The number of rotatable bonds is 0. The van der Waals surface area contributed by atoms with Crippen LogP contribution in [0, 0.1) is 0 Å². The summed E-state index contributed by atoms with van der Waals surface area (Å²) in [6.07, 6.45) is 0. The monoisotopic (exact) mass is 975 g/mol. The molecule has 354 valence electrons. The van der Waals surface area contributed by atoms with Gasteiger partial charge in [-0.2, -0.15) is 0 Å². The first kappa shape index (κ1) is 38.6. The topological polar surface area (TPSA) is 111 Å². The van der Waals surface area contributed by atoms with E-state index < -0.39 is 20.9 Å². The largest absolute Gasteiger partial charge is 0.777 e. The van der Waals surface area contributed by atoms with Crippen molar-refractivity contribution >= 4 is 85.5 Å². The molecule has 0 aliphatic carbocycles. The van der Waals surface area contributed by atoms with Gasteiger partial charge in [-0.1, -0.05) is 146 Å². The van der Waals surface area contributed by atoms with E-state index in [0.717, 1.165) is 64.6 Å². The molecule has 0 amide bonds. The lowest BCUT2D eigenvalue weighted by Gasteiger charge is -2.28. The molecule has 3 spiro atoms. The van der Waals surface area contributed by atoms with Crippen LogP contribution in [0.5, 0.6) is 69.0 Å². The fourth-order valence-electron chi connectivity index (χ4n) is 12.8. The standard InChI is InChI=1S/C60H30B3O12/c1-7-19-37-31(13-1)25-43-55-49(37)50-38-20-8-2-14-32(38)26-44-56(50)71-62(66-44)67-46-28-34-16-5-11-23-41(34)53(58(46)73-62)54-42-24-12-6-18-36(42)30-48-60(54)75-63(69-48)68-47-29-35-17-4-10-22-40(35)52(59(47)74-63)51-39-21-9-3-15-33(39)27-45-57(51)72-61(64-43,65-45)70-55/h1-30H/q-3. The SMILES string of the molecule is c1ccc2c3c4c(cc2c1)O[B-]1(Oc2cc5ccccc5c(c2O1)-c1c2c(cc5ccccc15)O[B-]1(Oc5cc6ccccc6c(c5O1)-c1c5c(cc6ccccc16)O[B-]1(Oc6cc7ccccc7c-3c6O1)O5)O2)O4. The van der Waals surface area contributed by atoms with E-state index in [4.69, 9.17) is 55.9 Å². The summed E-state index contributed by atoms with van der Waals surface area (Å²) in [5.41, 5.74) is 4.06. The zero-order chi connectivity index (χ0) is 48.5. The highest BCUT2D eigenvalue weighted by atomic mass is 16.9. The molecule has 75 heavy (non-hydrogen) atoms. The third kappa shape index (κ3) is 4.90. The van der Waals surface area contributed by atoms with Gasteiger partial charge >= 0.3 is 20.9 Å². The Balaban J connectivity index is 0.937. The highest BCUT2D eigenvalue weighted by Gasteiger charge is 2.58. The Morgan fingerprint density at radius 1 is 0.187 bits per heavy atom. The molecule has 12 nitrogen and oxygen atoms in total. The molecule has 15 heteroatoms. The summed E-state index contributed by atoms with van der Waals surface area (Å²) in [5, 5.41) is 10.4. The van der Waals surface area contributed by atoms with E-state index in [1.54, 1.807) is 0 Å². The molecule has 0 atom stereocenters. The van der Waals surface area contributed by atoms with Crippen LogP contribution < -0.4 is 55.9 Å². The van der Waals surface area contributed by atoms with Crippen LogP contribution in [0.1, 0.15) is 0 Å². The van der Waals surface area contributed by atoms with E-state index in [9.17, 15) is 0 Å². The Morgan fingerprint density at radius 2 is 0.347 bits per heavy atom. The first-order valence-electron chi connectivity index (χ1n) is 25.0. The first-order valence-corrected chi connectivity index (χ1v) is 25.0. The molecule has 0 saturated heterocycles. The molecule has 0 saturated carbocycles. The average Bonchev–Trinajstić information content (AvgIpc) is 4.47. The zero-order valence-electron chi connectivity index (χ0n) is 39.0. The first-order chi connectivity index (χ1) is 36.9. The molecule has 12 aromatic carbocycles. The summed E-state index contributed by atoms with van der Waals surface area (Å²) in [4.78, 5) is 0. The highest BCUT2D eigenvalue weighted by Crippen LogP contribution is 2.64. The van der Waals surface area contributed by atoms with Crippen LogP contribution in [0.15, 0.2) is 182 Å². The van der Waals surface area contributed by atoms with Crippen LogP contribution >= 0.6 is 0 Å². The average molecular weight is 975 g/mol. The van der Waals surface area contributed by atoms with E-state index in [2.05, 4.69) is 36.4 Å². The Morgan fingerprint density at radius 3 is 0.520 bits per heavy atom. The molecule has 9 bridgehead atoms. The van der Waals surface area contributed by atoms with Gasteiger partial charge in [0.2, 0.25) is 0 Å². The van der Waals surface area contributed by atoms with Crippen molar-refractivity contribution in [3.8, 4) is 102 Å². The summed E-state index contributed by atoms with van der Waals surface area (Å²) in [6.45, 7) is -9.20. The van der Waals surface area contributed by atoms with E-state index in [1.807, 2.05) is 146 Å². The Kier molecular flexibility index (Phi) is 6.68. The molecule has 7 aliphatic heterocycles. The van der Waals surface area contributed by atoms with E-state index in [1.165, 1.54) is 0 Å². The van der Waals surface area contributed by atoms with Crippen molar-refractivity contribution in [1.82, 2.24) is 0 Å². The highest BCUT2D eigenvalue weighted by molar-refractivity contribution is 6.61. The fraction of sp³-hybridized carbons (Fsp3) is 0. The Bertz CT molecular complexity index is 3970. The second-order valence-electron chi connectivity index (χ2n) is 19.9. The van der Waals surface area contributed by atoms with Gasteiger partial charge in [0.15, 0.2) is 0 Å². The predicted octanol–water partition coefficient (Wildman–Crippen LogP) is 14.0. The molecule has 0 fully saturated rings. The maximum Gasteiger partial charge on any atom is 0.777 e. The number of hydrogen-bond acceptors (Lipinski definition) is 12. The quantitative estimate of drug-likeness (QED) is 0.135. The van der Waals surface area contributed by atoms with Crippen LogP contribution in [0.4, 0.5) is 0 Å². The number of hydrogen-bond donors (Lipinski definition) is 0. The predicted molar refractivity (Wildman–Crippen MR) is 285 cm³/mol. The maximum absolute atomic E-state index is 7.16. The summed E-state index contributed by atoms with van der Waals surface area (Å²) in [6, 6.07) is 60.3. The third-order valence-corrected chi connectivity index (χ3v) is 15.8. The normalized spacial score (nSPS) is 20.6. The van der Waals surface area contributed by atoms with Gasteiger partial charge in [-0.3, -0.25) is 0 Å². The lowest BCUT2D eigenvalue weighted by atomic mass is 9.91. The molecular weight excluding hydrogens is 945 g/mol. The molecule has 7 heterocycles. The van der Waals surface area contributed by atoms with Crippen LogP contribution in [0.3, 0.4) is 0 Å². The lowest BCUT2D eigenvalue weighted by Crippen LogP contribution is -2.54. The van der Waals surface area contributed by atoms with Crippen molar-refractivity contribution in [3.05, 3.63) is 182 Å². The van der Waals surface area contributed by atoms with Crippen molar-refractivity contribution in [1.29, 1.82) is 0 Å². The molecule has 7 aliphatic rings. The van der Waals surface area contributed by atoms with E-state index in [-0.39, 0.29) is 0 Å². The van der Waals surface area contributed by atoms with Gasteiger partial charge in [0.25, 0.3) is 0 Å². The molecule has 12 aromatic rings. The smallest absolute Gasteiger partial charge is 0.609 e. The van der Waals surface area contributed by atoms with Crippen molar-refractivity contribution in [3.63, 3.8) is 0 Å². The summed E-state index contributed by atoms with van der Waals surface area (Å²) in [7, 11) is 0. The van der Waals surface area contributed by atoms with E-state index >= 15 is 0 Å². The van der Waals surface area contributed by atoms with Crippen molar-refractivity contribution in [2.75, 3.05) is 0 Å². The molecule has 19 rings (SSSR count). The number of benzene rings is 12. The molecule has 0 radical (unpaired) electrons. The minimum atomic E-state index is -3.07. The number of fused-ring (bicyclic) bond motifs is 15. The summed E-state index contributed by atoms with van der Waals surface area (Å²) in [5.74, 6) is 4.84. The minimum Gasteiger partial charge on any atom is -0.609 e. The third-order valence-electron chi connectivity index (χ3n) is 15.8. The van der Waals surface area contributed by atoms with Crippen LogP contribution in [0.2, 0.25) is 0 Å². The van der Waals surface area contributed by atoms with Gasteiger partial charge < -0.3 is 55.9 Å². The molecule has 0 unspecified atom stereocenters. The van der Waals surface area contributed by atoms with Crippen LogP contribution in [-0.2, 0) is 0 Å². The van der Waals surface area contributed by atoms with Crippen LogP contribution in [-0.4, -0.2) is 20.9 Å². The van der Waals surface area contributed by atoms with Crippen LogP contribution in [0.25, 0.3) is 98.0 Å². The van der Waals surface area contributed by atoms with Gasteiger partial charge in [-0.15, -0.1) is 0 Å². The van der Waals surface area contributed by atoms with E-state index in [0.29, 0.717) is 102 Å². The van der Waals surface area contributed by atoms with Crippen molar-refractivity contribution < 1.29 is 55.9 Å². The lowest BCUT2D eigenvalue weighted by molar-refractivity contribution is 0.222. The summed E-state index contributed by atoms with van der Waals surface area (Å²) < 4.78 is 84.6. The van der Waals surface area contributed by atoms with Crippen molar-refractivity contribution in [2.45, 2.75) is 0 Å². The van der Waals surface area contributed by atoms with Gasteiger partial charge in [0, 0.05) is 33.4 Å². The Labute approximate surface area is 424 Å². The molecule has 0 N–H and O–H groups in total. The second-order valence-corrected chi connectivity index (χ2v) is 19.9. The van der Waals surface area contributed by atoms with Gasteiger partial charge in [0.05, 0.1) is 0 Å². The van der Waals surface area contributed by atoms with Gasteiger partial charge in [0.1, 0.15) is 69.0 Å². The van der Waals surface area contributed by atoms with Gasteiger partial charge in [-0.05, 0) is 101 Å². The van der Waals surface area contributed by atoms with Gasteiger partial charge in [-0.25, -0.2) is 0 Å². The minimum absolute atomic E-state index is 0.394.